The second-order valence-electron chi connectivity index (χ2n) is 6.61. The highest BCUT2D eigenvalue weighted by Crippen LogP contribution is 2.29. The lowest BCUT2D eigenvalue weighted by Crippen LogP contribution is -2.44. The fraction of sp³-hybridized carbons (Fsp3) is 0.562. The third kappa shape index (κ3) is 4.76. The van der Waals surface area contributed by atoms with Gasteiger partial charge in [0, 0.05) is 18.4 Å². The van der Waals surface area contributed by atoms with Crippen molar-refractivity contribution in [2.75, 3.05) is 25.2 Å². The maximum atomic E-state index is 12.3. The molecule has 1 N–H and O–H groups in total. The van der Waals surface area contributed by atoms with Crippen LogP contribution in [0.3, 0.4) is 0 Å². The summed E-state index contributed by atoms with van der Waals surface area (Å²) in [6.07, 6.45) is 3.34. The number of hydrogen-bond donors (Lipinski definition) is 1. The Morgan fingerprint density at radius 3 is 2.68 bits per heavy atom. The summed E-state index contributed by atoms with van der Waals surface area (Å²) in [7, 11) is -1.47. The van der Waals surface area contributed by atoms with Crippen LogP contribution >= 0.6 is 0 Å². The summed E-state index contributed by atoms with van der Waals surface area (Å²) in [5.74, 6) is -0.409. The lowest BCUT2D eigenvalue weighted by molar-refractivity contribution is -0.384. The van der Waals surface area contributed by atoms with Gasteiger partial charge in [0.25, 0.3) is 5.69 Å². The fourth-order valence-corrected chi connectivity index (χ4v) is 4.85. The van der Waals surface area contributed by atoms with E-state index in [2.05, 4.69) is 5.32 Å². The first-order valence-corrected chi connectivity index (χ1v) is 9.99. The molecule has 8 nitrogen and oxygen atoms in total. The van der Waals surface area contributed by atoms with Gasteiger partial charge in [-0.1, -0.05) is 12.5 Å². The topological polar surface area (TPSA) is 110 Å². The molecule has 0 aromatic heterocycles. The molecular weight excluding hydrogens is 346 g/mol. The van der Waals surface area contributed by atoms with Crippen LogP contribution in [-0.4, -0.2) is 55.3 Å². The van der Waals surface area contributed by atoms with Gasteiger partial charge in [0.1, 0.15) is 5.69 Å². The molecule has 138 valence electrons. The van der Waals surface area contributed by atoms with Crippen molar-refractivity contribution in [3.8, 4) is 0 Å². The molecule has 1 fully saturated rings. The van der Waals surface area contributed by atoms with Gasteiger partial charge < -0.3 is 5.32 Å². The molecule has 0 bridgehead atoms. The van der Waals surface area contributed by atoms with Crippen LogP contribution in [0.2, 0.25) is 0 Å². The molecular formula is C16H23N3O5S. The Balaban J connectivity index is 2.07. The summed E-state index contributed by atoms with van der Waals surface area (Å²) in [6.45, 7) is 1.71. The lowest BCUT2D eigenvalue weighted by atomic mass is 10.2. The number of nitro groups is 1. The maximum absolute atomic E-state index is 12.3. The molecule has 1 aromatic rings. The van der Waals surface area contributed by atoms with Gasteiger partial charge in [-0.3, -0.25) is 19.8 Å². The number of nitrogens with zero attached hydrogens (tertiary/aromatic N) is 2. The predicted molar refractivity (Wildman–Crippen MR) is 95.4 cm³/mol. The molecule has 1 aliphatic carbocycles. The molecule has 0 heterocycles. The number of anilines is 1. The Kier molecular flexibility index (Phi) is 5.79. The number of nitro benzene ring substituents is 1. The molecule has 0 aliphatic heterocycles. The number of nitrogens with one attached hydrogen (secondary N) is 1. The van der Waals surface area contributed by atoms with Crippen LogP contribution in [0, 0.1) is 17.0 Å². The molecule has 9 heteroatoms. The third-order valence-electron chi connectivity index (χ3n) is 4.55. The van der Waals surface area contributed by atoms with Gasteiger partial charge in [-0.15, -0.1) is 0 Å². The fourth-order valence-electron chi connectivity index (χ4n) is 3.34. The van der Waals surface area contributed by atoms with Gasteiger partial charge in [0.15, 0.2) is 9.84 Å². The van der Waals surface area contributed by atoms with Crippen molar-refractivity contribution in [2.24, 2.45) is 0 Å². The zero-order chi connectivity index (χ0) is 18.8. The molecule has 1 amide bonds. The average Bonchev–Trinajstić information content (AvgIpc) is 2.98. The normalized spacial score (nSPS) is 20.6. The second kappa shape index (κ2) is 7.49. The molecule has 1 aliphatic rings. The molecule has 0 unspecified atom stereocenters. The maximum Gasteiger partial charge on any atom is 0.293 e. The summed E-state index contributed by atoms with van der Waals surface area (Å²) in [5, 5.41) is 13.2. The van der Waals surface area contributed by atoms with Crippen LogP contribution in [0.4, 0.5) is 11.4 Å². The first-order chi connectivity index (χ1) is 11.6. The molecule has 0 radical (unpaired) electrons. The number of amides is 1. The number of carbonyl (C=O) groups is 1. The quantitative estimate of drug-likeness (QED) is 0.604. The van der Waals surface area contributed by atoms with Crippen LogP contribution in [0.1, 0.15) is 24.8 Å². The Bertz CT molecular complexity index is 778. The van der Waals surface area contributed by atoms with Crippen LogP contribution < -0.4 is 5.32 Å². The van der Waals surface area contributed by atoms with E-state index >= 15 is 0 Å². The van der Waals surface area contributed by atoms with Crippen LogP contribution in [0.5, 0.6) is 0 Å². The molecule has 0 saturated heterocycles. The molecule has 0 spiro atoms. The third-order valence-corrected chi connectivity index (χ3v) is 6.20. The Morgan fingerprint density at radius 2 is 2.08 bits per heavy atom. The van der Waals surface area contributed by atoms with E-state index in [0.29, 0.717) is 12.8 Å². The molecule has 25 heavy (non-hydrogen) atoms. The number of likely N-dealkylation sites (N-methyl/N-ethyl adjacent to an activating group) is 1. The van der Waals surface area contributed by atoms with Gasteiger partial charge in [0.2, 0.25) is 5.91 Å². The number of hydrogen-bond acceptors (Lipinski definition) is 6. The van der Waals surface area contributed by atoms with Gasteiger partial charge in [-0.25, -0.2) is 8.42 Å². The van der Waals surface area contributed by atoms with E-state index in [1.165, 1.54) is 18.4 Å². The van der Waals surface area contributed by atoms with Crippen molar-refractivity contribution < 1.29 is 18.1 Å². The Morgan fingerprint density at radius 1 is 1.40 bits per heavy atom. The van der Waals surface area contributed by atoms with Crippen LogP contribution in [0.25, 0.3) is 0 Å². The van der Waals surface area contributed by atoms with E-state index in [9.17, 15) is 23.3 Å². The highest BCUT2D eigenvalue weighted by molar-refractivity contribution is 7.91. The second-order valence-corrected chi connectivity index (χ2v) is 8.87. The molecule has 1 aromatic carbocycles. The van der Waals surface area contributed by atoms with E-state index in [0.717, 1.165) is 12.0 Å². The first-order valence-electron chi connectivity index (χ1n) is 8.03. The van der Waals surface area contributed by atoms with Gasteiger partial charge in [-0.05, 0) is 38.4 Å². The Labute approximate surface area is 147 Å². The van der Waals surface area contributed by atoms with Crippen molar-refractivity contribution in [1.29, 1.82) is 0 Å². The summed E-state index contributed by atoms with van der Waals surface area (Å²) in [4.78, 5) is 24.6. The number of rotatable bonds is 6. The monoisotopic (exact) mass is 369 g/mol. The number of aryl methyl sites for hydroxylation is 1. The van der Waals surface area contributed by atoms with Crippen LogP contribution in [0.15, 0.2) is 18.2 Å². The summed E-state index contributed by atoms with van der Waals surface area (Å²) >= 11 is 0. The molecule has 2 atom stereocenters. The Hall–Kier alpha value is -2.00. The van der Waals surface area contributed by atoms with E-state index in [1.54, 1.807) is 24.9 Å². The SMILES string of the molecule is Cc1ccc(NC(=O)CN(C)[C@@H]2CCC[C@@H]2S(C)(=O)=O)c([N+](=O)[O-])c1. The van der Waals surface area contributed by atoms with Gasteiger partial charge >= 0.3 is 0 Å². The molecule has 2 rings (SSSR count). The lowest BCUT2D eigenvalue weighted by Gasteiger charge is -2.28. The minimum absolute atomic E-state index is 0.0261. The average molecular weight is 369 g/mol. The van der Waals surface area contributed by atoms with Crippen molar-refractivity contribution in [3.05, 3.63) is 33.9 Å². The van der Waals surface area contributed by atoms with E-state index in [4.69, 9.17) is 0 Å². The standard InChI is InChI=1S/C16H23N3O5S/c1-11-7-8-12(14(9-11)19(21)22)17-16(20)10-18(2)13-5-4-6-15(13)25(3,23)24/h7-9,13,15H,4-6,10H2,1-3H3,(H,17,20)/t13-,15+/m1/s1. The van der Waals surface area contributed by atoms with Crippen molar-refractivity contribution in [3.63, 3.8) is 0 Å². The summed E-state index contributed by atoms with van der Waals surface area (Å²) < 4.78 is 23.7. The van der Waals surface area contributed by atoms with Crippen molar-refractivity contribution >= 4 is 27.1 Å². The zero-order valence-corrected chi connectivity index (χ0v) is 15.4. The summed E-state index contributed by atoms with van der Waals surface area (Å²) in [5.41, 5.74) is 0.703. The van der Waals surface area contributed by atoms with Gasteiger partial charge in [-0.2, -0.15) is 0 Å². The number of carbonyl (C=O) groups excluding carboxylic acids is 1. The summed E-state index contributed by atoms with van der Waals surface area (Å²) in [6, 6.07) is 4.37. The minimum atomic E-state index is -3.18. The van der Waals surface area contributed by atoms with Crippen molar-refractivity contribution in [2.45, 2.75) is 37.5 Å². The van der Waals surface area contributed by atoms with Crippen molar-refractivity contribution in [1.82, 2.24) is 4.90 Å². The number of benzene rings is 1. The highest BCUT2D eigenvalue weighted by Gasteiger charge is 2.37. The molecule has 1 saturated carbocycles. The van der Waals surface area contributed by atoms with Crippen LogP contribution in [-0.2, 0) is 14.6 Å². The number of sulfone groups is 1. The predicted octanol–water partition coefficient (Wildman–Crippen LogP) is 1.74. The highest BCUT2D eigenvalue weighted by atomic mass is 32.2. The smallest absolute Gasteiger partial charge is 0.293 e. The minimum Gasteiger partial charge on any atom is -0.319 e. The van der Waals surface area contributed by atoms with E-state index in [1.807, 2.05) is 0 Å². The first kappa shape index (κ1) is 19.3. The van der Waals surface area contributed by atoms with E-state index in [-0.39, 0.29) is 24.0 Å². The zero-order valence-electron chi connectivity index (χ0n) is 14.6. The van der Waals surface area contributed by atoms with Gasteiger partial charge in [0.05, 0.1) is 16.7 Å². The largest absolute Gasteiger partial charge is 0.319 e. The van der Waals surface area contributed by atoms with E-state index < -0.39 is 25.9 Å².